The summed E-state index contributed by atoms with van der Waals surface area (Å²) in [6.45, 7) is 13.8. The van der Waals surface area contributed by atoms with Crippen molar-refractivity contribution in [1.82, 2.24) is 0 Å². The van der Waals surface area contributed by atoms with E-state index in [1.165, 1.54) is 12.2 Å². The van der Waals surface area contributed by atoms with Crippen LogP contribution >= 0.6 is 0 Å². The Hall–Kier alpha value is -1.59. The van der Waals surface area contributed by atoms with Crippen molar-refractivity contribution in [3.8, 4) is 0 Å². The van der Waals surface area contributed by atoms with E-state index < -0.39 is 5.97 Å². The van der Waals surface area contributed by atoms with Crippen molar-refractivity contribution in [2.75, 3.05) is 33.0 Å². The van der Waals surface area contributed by atoms with Crippen LogP contribution in [0.4, 0.5) is 0 Å². The molecule has 0 heterocycles. The van der Waals surface area contributed by atoms with E-state index in [2.05, 4.69) is 13.2 Å². The minimum absolute atomic E-state index is 0.131. The Balaban J connectivity index is 3.86. The summed E-state index contributed by atoms with van der Waals surface area (Å²) in [6.07, 6.45) is 4.20. The van der Waals surface area contributed by atoms with Crippen molar-refractivity contribution >= 4 is 5.97 Å². The van der Waals surface area contributed by atoms with Crippen molar-refractivity contribution in [3.05, 3.63) is 36.8 Å². The summed E-state index contributed by atoms with van der Waals surface area (Å²) >= 11 is 0. The molecule has 0 amide bonds. The molecular formula is C16H26O5. The molecule has 0 saturated heterocycles. The monoisotopic (exact) mass is 298 g/mol. The molecule has 0 aromatic heterocycles. The summed E-state index contributed by atoms with van der Waals surface area (Å²) in [5.41, 5.74) is 0.387. The number of carbonyl (C=O) groups excluding carboxylic acids is 1. The second-order valence-electron chi connectivity index (χ2n) is 4.06. The van der Waals surface area contributed by atoms with Gasteiger partial charge in [0.1, 0.15) is 0 Å². The number of hydrogen-bond donors (Lipinski definition) is 0. The van der Waals surface area contributed by atoms with Gasteiger partial charge in [0.05, 0.1) is 19.8 Å². The molecule has 0 aliphatic rings. The van der Waals surface area contributed by atoms with Crippen molar-refractivity contribution in [1.29, 1.82) is 0 Å². The predicted octanol–water partition coefficient (Wildman–Crippen LogP) is 2.98. The van der Waals surface area contributed by atoms with Gasteiger partial charge in [-0.05, 0) is 26.7 Å². The van der Waals surface area contributed by atoms with Crippen molar-refractivity contribution in [2.24, 2.45) is 0 Å². The standard InChI is InChI=1S/C16H26O5/c1-5-9-15(20-7-3)21-16(17)14(4)10-8-11-19-13-12-18-6-2/h5,9H,1,4,6-8,10-13H2,2-3H3. The van der Waals surface area contributed by atoms with Gasteiger partial charge in [-0.15, -0.1) is 0 Å². The summed E-state index contributed by atoms with van der Waals surface area (Å²) in [5, 5.41) is 0. The van der Waals surface area contributed by atoms with Crippen LogP contribution < -0.4 is 0 Å². The summed E-state index contributed by atoms with van der Waals surface area (Å²) in [6, 6.07) is 0. The molecule has 0 aromatic carbocycles. The van der Waals surface area contributed by atoms with Crippen molar-refractivity contribution in [3.63, 3.8) is 0 Å². The molecule has 0 unspecified atom stereocenters. The van der Waals surface area contributed by atoms with Gasteiger partial charge in [0.15, 0.2) is 0 Å². The lowest BCUT2D eigenvalue weighted by atomic mass is 10.2. The minimum atomic E-state index is -0.495. The Morgan fingerprint density at radius 2 is 1.81 bits per heavy atom. The van der Waals surface area contributed by atoms with Gasteiger partial charge < -0.3 is 18.9 Å². The predicted molar refractivity (Wildman–Crippen MR) is 81.7 cm³/mol. The van der Waals surface area contributed by atoms with Gasteiger partial charge in [-0.1, -0.05) is 19.2 Å². The highest BCUT2D eigenvalue weighted by Crippen LogP contribution is 2.09. The highest BCUT2D eigenvalue weighted by Gasteiger charge is 2.11. The maximum Gasteiger partial charge on any atom is 0.341 e. The average molecular weight is 298 g/mol. The van der Waals surface area contributed by atoms with Gasteiger partial charge in [-0.2, -0.15) is 0 Å². The van der Waals surface area contributed by atoms with Crippen LogP contribution in [0.1, 0.15) is 26.7 Å². The summed E-state index contributed by atoms with van der Waals surface area (Å²) in [4.78, 5) is 11.8. The minimum Gasteiger partial charge on any atom is -0.465 e. The first-order valence-corrected chi connectivity index (χ1v) is 7.16. The van der Waals surface area contributed by atoms with Crippen LogP contribution in [0.25, 0.3) is 0 Å². The lowest BCUT2D eigenvalue weighted by Gasteiger charge is -2.10. The topological polar surface area (TPSA) is 54.0 Å². The molecule has 0 rings (SSSR count). The third-order valence-electron chi connectivity index (χ3n) is 2.37. The fourth-order valence-electron chi connectivity index (χ4n) is 1.37. The zero-order chi connectivity index (χ0) is 15.9. The van der Waals surface area contributed by atoms with E-state index in [0.29, 0.717) is 51.4 Å². The molecule has 5 nitrogen and oxygen atoms in total. The number of hydrogen-bond acceptors (Lipinski definition) is 5. The number of esters is 1. The fourth-order valence-corrected chi connectivity index (χ4v) is 1.37. The molecule has 0 spiro atoms. The zero-order valence-corrected chi connectivity index (χ0v) is 13.1. The Morgan fingerprint density at radius 1 is 1.10 bits per heavy atom. The SMILES string of the molecule is C=CC=C(OCC)OC(=O)C(=C)CCCOCCOCC. The van der Waals surface area contributed by atoms with E-state index >= 15 is 0 Å². The Labute approximate surface area is 127 Å². The second kappa shape index (κ2) is 13.4. The van der Waals surface area contributed by atoms with Gasteiger partial charge >= 0.3 is 5.97 Å². The van der Waals surface area contributed by atoms with Crippen molar-refractivity contribution in [2.45, 2.75) is 26.7 Å². The van der Waals surface area contributed by atoms with Crippen LogP contribution in [-0.4, -0.2) is 39.0 Å². The summed E-state index contributed by atoms with van der Waals surface area (Å²) in [7, 11) is 0. The number of carbonyl (C=O) groups is 1. The molecule has 0 bridgehead atoms. The van der Waals surface area contributed by atoms with Gasteiger partial charge in [-0.25, -0.2) is 4.79 Å². The molecule has 0 saturated carbocycles. The van der Waals surface area contributed by atoms with Gasteiger partial charge in [0, 0.05) is 24.9 Å². The first kappa shape index (κ1) is 19.4. The highest BCUT2D eigenvalue weighted by molar-refractivity contribution is 5.88. The van der Waals surface area contributed by atoms with Crippen LogP contribution in [0.5, 0.6) is 0 Å². The van der Waals surface area contributed by atoms with E-state index in [4.69, 9.17) is 18.9 Å². The molecule has 21 heavy (non-hydrogen) atoms. The zero-order valence-electron chi connectivity index (χ0n) is 13.1. The lowest BCUT2D eigenvalue weighted by molar-refractivity contribution is -0.140. The molecule has 5 heteroatoms. The van der Waals surface area contributed by atoms with Crippen molar-refractivity contribution < 1.29 is 23.7 Å². The first-order chi connectivity index (χ1) is 10.2. The second-order valence-corrected chi connectivity index (χ2v) is 4.06. The smallest absolute Gasteiger partial charge is 0.341 e. The molecule has 0 aliphatic carbocycles. The number of ether oxygens (including phenoxy) is 4. The molecule has 0 aliphatic heterocycles. The molecule has 0 atom stereocenters. The first-order valence-electron chi connectivity index (χ1n) is 7.16. The largest absolute Gasteiger partial charge is 0.465 e. The number of allylic oxidation sites excluding steroid dienone is 2. The third kappa shape index (κ3) is 10.8. The molecule has 0 N–H and O–H groups in total. The Morgan fingerprint density at radius 3 is 2.43 bits per heavy atom. The maximum atomic E-state index is 11.8. The third-order valence-corrected chi connectivity index (χ3v) is 2.37. The molecule has 120 valence electrons. The van der Waals surface area contributed by atoms with Gasteiger partial charge in [0.2, 0.25) is 0 Å². The quantitative estimate of drug-likeness (QED) is 0.172. The maximum absolute atomic E-state index is 11.8. The van der Waals surface area contributed by atoms with Crippen LogP contribution in [0.15, 0.2) is 36.8 Å². The van der Waals surface area contributed by atoms with Crippen LogP contribution in [0.3, 0.4) is 0 Å². The Bertz CT molecular complexity index is 347. The van der Waals surface area contributed by atoms with Gasteiger partial charge in [0.25, 0.3) is 5.95 Å². The fraction of sp³-hybridized carbons (Fsp3) is 0.562. The normalized spacial score (nSPS) is 11.0. The van der Waals surface area contributed by atoms with E-state index in [-0.39, 0.29) is 5.95 Å². The summed E-state index contributed by atoms with van der Waals surface area (Å²) < 4.78 is 20.7. The van der Waals surface area contributed by atoms with E-state index in [1.807, 2.05) is 6.92 Å². The van der Waals surface area contributed by atoms with E-state index in [9.17, 15) is 4.79 Å². The van der Waals surface area contributed by atoms with Crippen LogP contribution in [0, 0.1) is 0 Å². The average Bonchev–Trinajstić information content (AvgIpc) is 2.46. The van der Waals surface area contributed by atoms with Gasteiger partial charge in [-0.3, -0.25) is 0 Å². The molecule has 0 radical (unpaired) electrons. The summed E-state index contributed by atoms with van der Waals surface area (Å²) in [5.74, 6) is -0.363. The van der Waals surface area contributed by atoms with Crippen LogP contribution in [0.2, 0.25) is 0 Å². The molecular weight excluding hydrogens is 272 g/mol. The molecule has 0 aromatic rings. The van der Waals surface area contributed by atoms with Crippen LogP contribution in [-0.2, 0) is 23.7 Å². The lowest BCUT2D eigenvalue weighted by Crippen LogP contribution is -2.10. The highest BCUT2D eigenvalue weighted by atomic mass is 16.7. The Kier molecular flexibility index (Phi) is 12.4. The van der Waals surface area contributed by atoms with E-state index in [1.54, 1.807) is 6.92 Å². The van der Waals surface area contributed by atoms with E-state index in [0.717, 1.165) is 0 Å². The number of rotatable bonds is 13. The molecule has 0 fully saturated rings.